The first kappa shape index (κ1) is 18.0. The molecule has 1 aromatic carbocycles. The van der Waals surface area contributed by atoms with Crippen LogP contribution < -0.4 is 4.74 Å². The van der Waals surface area contributed by atoms with Gasteiger partial charge < -0.3 is 9.47 Å². The molecular formula is C12H14O6S3. The molecule has 0 heterocycles. The standard InChI is InChI=1S/C12H14O6S3/c1-16-11(13)7-19-20-8-12(14)18-9-3-5-10(6-4-9)21(15)17-2/h3-6H,7-8H2,1-2H3. The van der Waals surface area contributed by atoms with Crippen LogP contribution >= 0.6 is 21.6 Å². The topological polar surface area (TPSA) is 78.9 Å². The lowest BCUT2D eigenvalue weighted by Gasteiger charge is -2.05. The fraction of sp³-hybridized carbons (Fsp3) is 0.333. The monoisotopic (exact) mass is 350 g/mol. The van der Waals surface area contributed by atoms with Crippen molar-refractivity contribution in [1.29, 1.82) is 0 Å². The van der Waals surface area contributed by atoms with Gasteiger partial charge in [-0.05, 0) is 24.3 Å². The molecule has 0 saturated carbocycles. The number of hydrogen-bond acceptors (Lipinski definition) is 8. The first-order valence-electron chi connectivity index (χ1n) is 5.65. The van der Waals surface area contributed by atoms with E-state index in [1.165, 1.54) is 47.9 Å². The average molecular weight is 350 g/mol. The fourth-order valence-corrected chi connectivity index (χ4v) is 3.28. The van der Waals surface area contributed by atoms with Gasteiger partial charge in [0.05, 0.1) is 19.1 Å². The van der Waals surface area contributed by atoms with E-state index in [4.69, 9.17) is 4.74 Å². The number of esters is 2. The van der Waals surface area contributed by atoms with E-state index in [-0.39, 0.29) is 17.5 Å². The number of carbonyl (C=O) groups excluding carboxylic acids is 2. The van der Waals surface area contributed by atoms with Crippen LogP contribution in [0.1, 0.15) is 0 Å². The van der Waals surface area contributed by atoms with Crippen molar-refractivity contribution in [1.82, 2.24) is 0 Å². The van der Waals surface area contributed by atoms with Crippen molar-refractivity contribution in [3.63, 3.8) is 0 Å². The van der Waals surface area contributed by atoms with Crippen LogP contribution in [-0.4, -0.2) is 41.9 Å². The molecule has 1 aromatic rings. The average Bonchev–Trinajstić information content (AvgIpc) is 2.51. The van der Waals surface area contributed by atoms with Crippen LogP contribution in [0.15, 0.2) is 29.2 Å². The zero-order valence-electron chi connectivity index (χ0n) is 11.4. The number of carbonyl (C=O) groups is 2. The highest BCUT2D eigenvalue weighted by Gasteiger charge is 2.08. The number of methoxy groups -OCH3 is 1. The Morgan fingerprint density at radius 2 is 1.62 bits per heavy atom. The lowest BCUT2D eigenvalue weighted by atomic mass is 10.3. The second-order valence-electron chi connectivity index (χ2n) is 3.45. The van der Waals surface area contributed by atoms with Crippen LogP contribution in [0.25, 0.3) is 0 Å². The van der Waals surface area contributed by atoms with Crippen LogP contribution in [0.5, 0.6) is 5.75 Å². The summed E-state index contributed by atoms with van der Waals surface area (Å²) in [5.41, 5.74) is 0. The smallest absolute Gasteiger partial charge is 0.322 e. The molecular weight excluding hydrogens is 336 g/mol. The maximum Gasteiger partial charge on any atom is 0.322 e. The summed E-state index contributed by atoms with van der Waals surface area (Å²) in [6.07, 6.45) is 0. The Kier molecular flexibility index (Phi) is 8.43. The number of hydrogen-bond donors (Lipinski definition) is 0. The molecule has 1 unspecified atom stereocenters. The van der Waals surface area contributed by atoms with E-state index in [2.05, 4.69) is 8.92 Å². The van der Waals surface area contributed by atoms with Crippen LogP contribution in [-0.2, 0) is 29.6 Å². The van der Waals surface area contributed by atoms with Gasteiger partial charge in [0, 0.05) is 0 Å². The van der Waals surface area contributed by atoms with Crippen molar-refractivity contribution in [2.24, 2.45) is 0 Å². The summed E-state index contributed by atoms with van der Waals surface area (Å²) in [5.74, 6) is -0.143. The summed E-state index contributed by atoms with van der Waals surface area (Å²) < 4.78 is 25.6. The summed E-state index contributed by atoms with van der Waals surface area (Å²) in [6.45, 7) is 0. The molecule has 1 atom stereocenters. The maximum atomic E-state index is 11.5. The van der Waals surface area contributed by atoms with Gasteiger partial charge in [0.1, 0.15) is 17.3 Å². The molecule has 1 rings (SSSR count). The van der Waals surface area contributed by atoms with Crippen molar-refractivity contribution in [3.8, 4) is 5.75 Å². The highest BCUT2D eigenvalue weighted by Crippen LogP contribution is 2.22. The molecule has 0 spiro atoms. The molecule has 0 aliphatic carbocycles. The Labute approximate surface area is 133 Å². The Morgan fingerprint density at radius 1 is 1.05 bits per heavy atom. The minimum Gasteiger partial charge on any atom is -0.468 e. The molecule has 0 saturated heterocycles. The lowest BCUT2D eigenvalue weighted by Crippen LogP contribution is -2.10. The van der Waals surface area contributed by atoms with E-state index < -0.39 is 17.0 Å². The third kappa shape index (κ3) is 6.98. The molecule has 6 nitrogen and oxygen atoms in total. The summed E-state index contributed by atoms with van der Waals surface area (Å²) in [6, 6.07) is 6.19. The van der Waals surface area contributed by atoms with Gasteiger partial charge in [0.15, 0.2) is 11.1 Å². The van der Waals surface area contributed by atoms with Gasteiger partial charge in [-0.25, -0.2) is 4.21 Å². The summed E-state index contributed by atoms with van der Waals surface area (Å²) in [7, 11) is 5.08. The van der Waals surface area contributed by atoms with E-state index >= 15 is 0 Å². The van der Waals surface area contributed by atoms with E-state index in [1.807, 2.05) is 0 Å². The molecule has 0 bridgehead atoms. The van der Waals surface area contributed by atoms with Crippen molar-refractivity contribution in [2.75, 3.05) is 25.7 Å². The predicted octanol–water partition coefficient (Wildman–Crippen LogP) is 1.82. The molecule has 21 heavy (non-hydrogen) atoms. The van der Waals surface area contributed by atoms with Crippen LogP contribution in [0.4, 0.5) is 0 Å². The number of ether oxygens (including phenoxy) is 2. The second-order valence-corrected chi connectivity index (χ2v) is 7.18. The van der Waals surface area contributed by atoms with E-state index in [0.717, 1.165) is 0 Å². The molecule has 0 amide bonds. The highest BCUT2D eigenvalue weighted by molar-refractivity contribution is 8.77. The minimum atomic E-state index is -1.51. The second kappa shape index (κ2) is 9.82. The van der Waals surface area contributed by atoms with Gasteiger partial charge in [-0.3, -0.25) is 13.8 Å². The van der Waals surface area contributed by atoms with Gasteiger partial charge in [0.25, 0.3) is 0 Å². The third-order valence-electron chi connectivity index (χ3n) is 2.06. The van der Waals surface area contributed by atoms with Gasteiger partial charge >= 0.3 is 11.9 Å². The Bertz CT molecular complexity index is 502. The summed E-state index contributed by atoms with van der Waals surface area (Å²) in [4.78, 5) is 22.9. The maximum absolute atomic E-state index is 11.5. The normalized spacial score (nSPS) is 11.7. The van der Waals surface area contributed by atoms with Gasteiger partial charge in [0.2, 0.25) is 0 Å². The van der Waals surface area contributed by atoms with Crippen molar-refractivity contribution in [2.45, 2.75) is 4.90 Å². The van der Waals surface area contributed by atoms with Crippen LogP contribution in [0.3, 0.4) is 0 Å². The van der Waals surface area contributed by atoms with E-state index in [9.17, 15) is 13.8 Å². The molecule has 0 aromatic heterocycles. The zero-order chi connectivity index (χ0) is 15.7. The molecule has 9 heteroatoms. The predicted molar refractivity (Wildman–Crippen MR) is 82.4 cm³/mol. The molecule has 0 aliphatic rings. The molecule has 0 aliphatic heterocycles. The van der Waals surface area contributed by atoms with E-state index in [0.29, 0.717) is 10.6 Å². The fourth-order valence-electron chi connectivity index (χ4n) is 1.11. The number of rotatable bonds is 8. The lowest BCUT2D eigenvalue weighted by molar-refractivity contribution is -0.137. The first-order valence-corrected chi connectivity index (χ1v) is 9.21. The van der Waals surface area contributed by atoms with Crippen LogP contribution in [0.2, 0.25) is 0 Å². The quantitative estimate of drug-likeness (QED) is 0.304. The van der Waals surface area contributed by atoms with Crippen molar-refractivity contribution in [3.05, 3.63) is 24.3 Å². The van der Waals surface area contributed by atoms with E-state index in [1.54, 1.807) is 12.1 Å². The van der Waals surface area contributed by atoms with Gasteiger partial charge in [-0.1, -0.05) is 21.6 Å². The largest absolute Gasteiger partial charge is 0.468 e. The Hall–Kier alpha value is -1.03. The summed E-state index contributed by atoms with van der Waals surface area (Å²) >= 11 is -1.51. The Morgan fingerprint density at radius 3 is 2.14 bits per heavy atom. The van der Waals surface area contributed by atoms with Crippen molar-refractivity contribution < 1.29 is 27.5 Å². The van der Waals surface area contributed by atoms with Crippen molar-refractivity contribution >= 4 is 44.6 Å². The molecule has 116 valence electrons. The molecule has 0 radical (unpaired) electrons. The van der Waals surface area contributed by atoms with Gasteiger partial charge in [-0.2, -0.15) is 0 Å². The zero-order valence-corrected chi connectivity index (χ0v) is 13.8. The molecule has 0 N–H and O–H groups in total. The SMILES string of the molecule is COC(=O)CSSCC(=O)Oc1ccc(S(=O)OC)cc1. The summed E-state index contributed by atoms with van der Waals surface area (Å²) in [5, 5.41) is 0. The highest BCUT2D eigenvalue weighted by atomic mass is 33.1. The van der Waals surface area contributed by atoms with Gasteiger partial charge in [-0.15, -0.1) is 0 Å². The molecule has 0 fully saturated rings. The minimum absolute atomic E-state index is 0.105. The first-order chi connectivity index (χ1) is 10.1. The number of benzene rings is 1. The third-order valence-corrected chi connectivity index (χ3v) is 5.10. The van der Waals surface area contributed by atoms with Crippen LogP contribution in [0, 0.1) is 0 Å². The Balaban J connectivity index is 2.34.